The van der Waals surface area contributed by atoms with Gasteiger partial charge in [-0.1, -0.05) is 131 Å². The molecule has 0 spiro atoms. The van der Waals surface area contributed by atoms with Crippen LogP contribution in [-0.4, -0.2) is 71.7 Å². The molecule has 5 N–H and O–H groups in total. The third kappa shape index (κ3) is 37.8. The van der Waals surface area contributed by atoms with Crippen LogP contribution in [0.3, 0.4) is 0 Å². The lowest BCUT2D eigenvalue weighted by Gasteiger charge is -2.20. The van der Waals surface area contributed by atoms with Gasteiger partial charge in [-0.3, -0.25) is 18.6 Å². The molecule has 55 heavy (non-hydrogen) atoms. The van der Waals surface area contributed by atoms with Crippen LogP contribution >= 0.6 is 7.82 Å². The third-order valence-electron chi connectivity index (χ3n) is 7.96. The highest BCUT2D eigenvalue weighted by atomic mass is 31.2. The summed E-state index contributed by atoms with van der Waals surface area (Å²) in [7, 11) is -4.45. The van der Waals surface area contributed by atoms with Crippen LogP contribution in [0, 0.1) is 0 Å². The van der Waals surface area contributed by atoms with E-state index < -0.39 is 44.7 Å². The van der Waals surface area contributed by atoms with Crippen molar-refractivity contribution in [3.05, 3.63) is 85.1 Å². The number of phosphoric ester groups is 1. The predicted octanol–water partition coefficient (Wildman–Crippen LogP) is 9.21. The summed E-state index contributed by atoms with van der Waals surface area (Å²) in [6.45, 7) is 3.26. The van der Waals surface area contributed by atoms with Gasteiger partial charge in [0.05, 0.1) is 25.4 Å². The van der Waals surface area contributed by atoms with E-state index in [0.29, 0.717) is 25.7 Å². The lowest BCUT2D eigenvalue weighted by Crippen LogP contribution is -2.29. The zero-order valence-corrected chi connectivity index (χ0v) is 34.5. The summed E-state index contributed by atoms with van der Waals surface area (Å²) in [5.41, 5.74) is 5.32. The van der Waals surface area contributed by atoms with Crippen molar-refractivity contribution in [2.24, 2.45) is 5.73 Å². The van der Waals surface area contributed by atoms with E-state index in [1.165, 1.54) is 19.3 Å². The molecule has 0 bridgehead atoms. The van der Waals surface area contributed by atoms with Crippen molar-refractivity contribution in [1.29, 1.82) is 0 Å². The van der Waals surface area contributed by atoms with Crippen LogP contribution in [0.2, 0.25) is 0 Å². The van der Waals surface area contributed by atoms with Gasteiger partial charge in [0, 0.05) is 19.4 Å². The number of carbonyl (C=O) groups is 2. The molecule has 0 heterocycles. The molecule has 0 amide bonds. The highest BCUT2D eigenvalue weighted by molar-refractivity contribution is 7.47. The van der Waals surface area contributed by atoms with E-state index >= 15 is 0 Å². The van der Waals surface area contributed by atoms with Crippen LogP contribution in [-0.2, 0) is 32.7 Å². The molecule has 0 aliphatic heterocycles. The number of carbonyl (C=O) groups excluding carboxylic acids is 2. The van der Waals surface area contributed by atoms with E-state index in [9.17, 15) is 29.3 Å². The summed E-state index contributed by atoms with van der Waals surface area (Å²) in [6, 6.07) is 0. The van der Waals surface area contributed by atoms with Crippen molar-refractivity contribution >= 4 is 19.8 Å². The molecule has 0 aromatic carbocycles. The molecule has 314 valence electrons. The largest absolute Gasteiger partial charge is 0.472 e. The maximum absolute atomic E-state index is 12.5. The molecule has 4 atom stereocenters. The van der Waals surface area contributed by atoms with E-state index in [0.717, 1.165) is 57.8 Å². The van der Waals surface area contributed by atoms with Gasteiger partial charge in [0.25, 0.3) is 0 Å². The molecule has 0 rings (SSSR count). The Morgan fingerprint density at radius 1 is 0.636 bits per heavy atom. The first-order chi connectivity index (χ1) is 26.6. The number of phosphoric acid groups is 1. The molecular formula is C43H72NO10P. The maximum atomic E-state index is 12.5. The second-order valence-electron chi connectivity index (χ2n) is 13.2. The smallest absolute Gasteiger partial charge is 0.462 e. The standard InChI is InChI=1S/C43H72NO10P/c1-3-5-7-8-9-10-11-12-13-14-15-16-20-23-27-33-43(48)54-41(38-53-55(49,50)52-36-35-44)37-51-42(47)34-28-32-40(46)31-26-22-19-17-18-21-25-30-39(45)29-24-6-4-2/h9-10,12-13,15-16,18-19,21-22,25-26,30-31,39-41,45-46H,3-8,11,14,17,20,23-24,27-29,32-38,44H2,1-2H3,(H,49,50)/b10-9-,13-12-,16-15-,21-18-,22-19-,30-25+,31-26+/t39-,40-,41+/m0/s1. The first-order valence-electron chi connectivity index (χ1n) is 20.3. The Hall–Kier alpha value is -2.89. The highest BCUT2D eigenvalue weighted by Crippen LogP contribution is 2.43. The SMILES string of the molecule is CCCCC/C=C\C/C=C\C/C=C\CCCCC(=O)O[C@H](COC(=O)CCC[C@@H](O)/C=C/C=C\C/C=C\C=C\[C@@H](O)CCCCC)COP(=O)(O)OCCN. The van der Waals surface area contributed by atoms with Gasteiger partial charge in [0.1, 0.15) is 6.61 Å². The minimum atomic E-state index is -4.45. The summed E-state index contributed by atoms with van der Waals surface area (Å²) < 4.78 is 32.5. The summed E-state index contributed by atoms with van der Waals surface area (Å²) in [6.07, 6.45) is 39.8. The second-order valence-corrected chi connectivity index (χ2v) is 14.6. The van der Waals surface area contributed by atoms with Crippen molar-refractivity contribution in [2.75, 3.05) is 26.4 Å². The molecule has 0 radical (unpaired) electrons. The number of hydrogen-bond acceptors (Lipinski definition) is 10. The average molecular weight is 794 g/mol. The fraction of sp³-hybridized carbons (Fsp3) is 0.628. The van der Waals surface area contributed by atoms with Crippen molar-refractivity contribution < 1.29 is 47.8 Å². The van der Waals surface area contributed by atoms with Crippen molar-refractivity contribution in [3.63, 3.8) is 0 Å². The first-order valence-corrected chi connectivity index (χ1v) is 21.8. The normalized spacial score (nSPS) is 15.4. The molecule has 0 aromatic rings. The zero-order valence-electron chi connectivity index (χ0n) is 33.6. The van der Waals surface area contributed by atoms with Crippen LogP contribution < -0.4 is 5.73 Å². The number of allylic oxidation sites excluding steroid dienone is 12. The molecule has 0 aromatic heterocycles. The topological polar surface area (TPSA) is 175 Å². The van der Waals surface area contributed by atoms with Gasteiger partial charge in [-0.05, 0) is 70.6 Å². The minimum Gasteiger partial charge on any atom is -0.462 e. The number of aliphatic hydroxyl groups is 2. The van der Waals surface area contributed by atoms with Gasteiger partial charge in [0.15, 0.2) is 6.10 Å². The van der Waals surface area contributed by atoms with Gasteiger partial charge in [0.2, 0.25) is 0 Å². The summed E-state index contributed by atoms with van der Waals surface area (Å²) in [5, 5.41) is 20.1. The second kappa shape index (κ2) is 38.0. The Labute approximate surface area is 331 Å². The Morgan fingerprint density at radius 2 is 1.16 bits per heavy atom. The molecule has 0 saturated heterocycles. The summed E-state index contributed by atoms with van der Waals surface area (Å²) in [4.78, 5) is 34.8. The number of unbranched alkanes of at least 4 members (excludes halogenated alkanes) is 7. The predicted molar refractivity (Wildman–Crippen MR) is 222 cm³/mol. The number of esters is 2. The molecule has 1 unspecified atom stereocenters. The van der Waals surface area contributed by atoms with Gasteiger partial charge in [-0.25, -0.2) is 4.57 Å². The molecule has 0 aliphatic carbocycles. The number of rotatable bonds is 36. The number of hydrogen-bond donors (Lipinski definition) is 4. The molecule has 0 aliphatic rings. The molecule has 11 nitrogen and oxygen atoms in total. The number of ether oxygens (including phenoxy) is 2. The molecule has 12 heteroatoms. The van der Waals surface area contributed by atoms with Crippen molar-refractivity contribution in [1.82, 2.24) is 0 Å². The van der Waals surface area contributed by atoms with Gasteiger partial charge in [-0.2, -0.15) is 0 Å². The molecule has 0 saturated carbocycles. The quantitative estimate of drug-likeness (QED) is 0.0157. The fourth-order valence-electron chi connectivity index (χ4n) is 4.85. The Kier molecular flexibility index (Phi) is 36.0. The van der Waals surface area contributed by atoms with E-state index in [-0.39, 0.29) is 32.6 Å². The third-order valence-corrected chi connectivity index (χ3v) is 8.95. The van der Waals surface area contributed by atoms with Crippen molar-refractivity contribution in [3.8, 4) is 0 Å². The van der Waals surface area contributed by atoms with E-state index in [4.69, 9.17) is 24.3 Å². The Bertz CT molecular complexity index is 1210. The summed E-state index contributed by atoms with van der Waals surface area (Å²) in [5.74, 6) is -1.11. The number of aliphatic hydroxyl groups excluding tert-OH is 2. The van der Waals surface area contributed by atoms with Gasteiger partial charge in [-0.15, -0.1) is 0 Å². The first kappa shape index (κ1) is 52.1. The fourth-order valence-corrected chi connectivity index (χ4v) is 5.62. The molecule has 0 fully saturated rings. The Balaban J connectivity index is 4.53. The van der Waals surface area contributed by atoms with Gasteiger partial charge < -0.3 is 30.3 Å². The van der Waals surface area contributed by atoms with Crippen LogP contribution in [0.1, 0.15) is 129 Å². The Morgan fingerprint density at radius 3 is 1.76 bits per heavy atom. The zero-order chi connectivity index (χ0) is 40.7. The van der Waals surface area contributed by atoms with Crippen LogP contribution in [0.15, 0.2) is 85.1 Å². The van der Waals surface area contributed by atoms with E-state index in [2.05, 4.69) is 50.3 Å². The van der Waals surface area contributed by atoms with Crippen LogP contribution in [0.25, 0.3) is 0 Å². The number of nitrogens with two attached hydrogens (primary N) is 1. The summed E-state index contributed by atoms with van der Waals surface area (Å²) >= 11 is 0. The van der Waals surface area contributed by atoms with Gasteiger partial charge >= 0.3 is 19.8 Å². The van der Waals surface area contributed by atoms with E-state index in [1.54, 1.807) is 18.2 Å². The average Bonchev–Trinajstić information content (AvgIpc) is 3.16. The lowest BCUT2D eigenvalue weighted by atomic mass is 10.1. The van der Waals surface area contributed by atoms with Crippen LogP contribution in [0.5, 0.6) is 0 Å². The van der Waals surface area contributed by atoms with E-state index in [1.807, 2.05) is 30.4 Å². The van der Waals surface area contributed by atoms with Crippen LogP contribution in [0.4, 0.5) is 0 Å². The van der Waals surface area contributed by atoms with Crippen molar-refractivity contribution in [2.45, 2.75) is 148 Å². The molecular weight excluding hydrogens is 721 g/mol. The lowest BCUT2D eigenvalue weighted by molar-refractivity contribution is -0.161. The highest BCUT2D eigenvalue weighted by Gasteiger charge is 2.26. The monoisotopic (exact) mass is 793 g/mol. The minimum absolute atomic E-state index is 0.00983. The maximum Gasteiger partial charge on any atom is 0.472 e.